The van der Waals surface area contributed by atoms with Crippen LogP contribution in [0.2, 0.25) is 0 Å². The molecule has 0 aromatic heterocycles. The second-order valence-corrected chi connectivity index (χ2v) is 7.16. The van der Waals surface area contributed by atoms with Crippen LogP contribution in [0.1, 0.15) is 38.0 Å². The van der Waals surface area contributed by atoms with Gasteiger partial charge < -0.3 is 15.2 Å². The predicted octanol–water partition coefficient (Wildman–Crippen LogP) is 4.00. The lowest BCUT2D eigenvalue weighted by atomic mass is 9.79. The van der Waals surface area contributed by atoms with Crippen molar-refractivity contribution in [2.75, 3.05) is 6.61 Å². The standard InChI is InChI=1S/C20H25NO2/c1-19(2,3)20(16-12-8-5-9-13-16)22-14-17(21)18(23-20)15-10-6-4-7-11-15/h4-13,17-18H,14,21H2,1-3H3/t17-,18-,20+/m0/s1. The van der Waals surface area contributed by atoms with Crippen molar-refractivity contribution in [1.29, 1.82) is 0 Å². The maximum Gasteiger partial charge on any atom is 0.200 e. The predicted molar refractivity (Wildman–Crippen MR) is 91.8 cm³/mol. The van der Waals surface area contributed by atoms with Crippen molar-refractivity contribution in [3.63, 3.8) is 0 Å². The van der Waals surface area contributed by atoms with E-state index in [1.54, 1.807) is 0 Å². The van der Waals surface area contributed by atoms with Gasteiger partial charge in [-0.15, -0.1) is 0 Å². The molecule has 1 saturated heterocycles. The molecule has 0 bridgehead atoms. The minimum Gasteiger partial charge on any atom is -0.344 e. The van der Waals surface area contributed by atoms with Gasteiger partial charge in [0.05, 0.1) is 12.6 Å². The van der Waals surface area contributed by atoms with E-state index in [0.29, 0.717) is 6.61 Å². The molecule has 0 aliphatic carbocycles. The molecule has 3 atom stereocenters. The molecule has 23 heavy (non-hydrogen) atoms. The Hall–Kier alpha value is -1.68. The third-order valence-electron chi connectivity index (χ3n) is 4.43. The van der Waals surface area contributed by atoms with Gasteiger partial charge in [0.2, 0.25) is 5.79 Å². The van der Waals surface area contributed by atoms with E-state index in [1.165, 1.54) is 0 Å². The Labute approximate surface area is 138 Å². The van der Waals surface area contributed by atoms with Crippen molar-refractivity contribution >= 4 is 0 Å². The Morgan fingerprint density at radius 1 is 0.957 bits per heavy atom. The van der Waals surface area contributed by atoms with E-state index in [2.05, 4.69) is 45.0 Å². The molecule has 0 amide bonds. The Morgan fingerprint density at radius 3 is 2.09 bits per heavy atom. The molecule has 3 heteroatoms. The Bertz CT molecular complexity index is 636. The van der Waals surface area contributed by atoms with Gasteiger partial charge >= 0.3 is 0 Å². The maximum absolute atomic E-state index is 6.58. The average molecular weight is 311 g/mol. The minimum atomic E-state index is -0.815. The van der Waals surface area contributed by atoms with E-state index >= 15 is 0 Å². The quantitative estimate of drug-likeness (QED) is 0.911. The van der Waals surface area contributed by atoms with Gasteiger partial charge in [-0.3, -0.25) is 0 Å². The monoisotopic (exact) mass is 311 g/mol. The molecule has 0 unspecified atom stereocenters. The van der Waals surface area contributed by atoms with Gasteiger partial charge in [0, 0.05) is 11.0 Å². The fourth-order valence-electron chi connectivity index (χ4n) is 3.19. The fraction of sp³-hybridized carbons (Fsp3) is 0.400. The molecule has 122 valence electrons. The smallest absolute Gasteiger partial charge is 0.200 e. The molecule has 2 aromatic rings. The summed E-state index contributed by atoms with van der Waals surface area (Å²) in [4.78, 5) is 0. The van der Waals surface area contributed by atoms with Crippen LogP contribution in [0.15, 0.2) is 60.7 Å². The first-order valence-corrected chi connectivity index (χ1v) is 8.12. The summed E-state index contributed by atoms with van der Waals surface area (Å²) < 4.78 is 12.8. The Morgan fingerprint density at radius 2 is 1.52 bits per heavy atom. The van der Waals surface area contributed by atoms with E-state index in [1.807, 2.05) is 36.4 Å². The lowest BCUT2D eigenvalue weighted by Gasteiger charge is -2.50. The zero-order chi connectivity index (χ0) is 16.5. The molecular weight excluding hydrogens is 286 g/mol. The van der Waals surface area contributed by atoms with Crippen molar-refractivity contribution in [2.45, 2.75) is 38.7 Å². The summed E-state index contributed by atoms with van der Waals surface area (Å²) in [5.74, 6) is -0.815. The van der Waals surface area contributed by atoms with Crippen LogP contribution in [0.5, 0.6) is 0 Å². The number of nitrogens with two attached hydrogens (primary N) is 1. The highest BCUT2D eigenvalue weighted by Crippen LogP contribution is 2.49. The van der Waals surface area contributed by atoms with E-state index in [0.717, 1.165) is 11.1 Å². The van der Waals surface area contributed by atoms with Crippen LogP contribution >= 0.6 is 0 Å². The van der Waals surface area contributed by atoms with Gasteiger partial charge in [0.25, 0.3) is 0 Å². The molecule has 1 fully saturated rings. The summed E-state index contributed by atoms with van der Waals surface area (Å²) in [5, 5.41) is 0. The van der Waals surface area contributed by atoms with Crippen molar-refractivity contribution in [1.82, 2.24) is 0 Å². The topological polar surface area (TPSA) is 44.5 Å². The van der Waals surface area contributed by atoms with Gasteiger partial charge in [-0.2, -0.15) is 0 Å². The molecule has 2 N–H and O–H groups in total. The van der Waals surface area contributed by atoms with Crippen LogP contribution < -0.4 is 5.73 Å². The van der Waals surface area contributed by atoms with Gasteiger partial charge in [-0.1, -0.05) is 81.4 Å². The molecule has 3 rings (SSSR count). The molecule has 3 nitrogen and oxygen atoms in total. The maximum atomic E-state index is 6.58. The molecule has 2 aromatic carbocycles. The Kier molecular flexibility index (Phi) is 4.28. The van der Waals surface area contributed by atoms with Gasteiger partial charge in [0.1, 0.15) is 6.10 Å². The van der Waals surface area contributed by atoms with Gasteiger partial charge in [0.15, 0.2) is 0 Å². The molecule has 0 spiro atoms. The van der Waals surface area contributed by atoms with Gasteiger partial charge in [-0.05, 0) is 5.56 Å². The van der Waals surface area contributed by atoms with Crippen LogP contribution in [-0.4, -0.2) is 12.6 Å². The first kappa shape index (κ1) is 16.2. The second-order valence-electron chi connectivity index (χ2n) is 7.16. The van der Waals surface area contributed by atoms with Crippen LogP contribution in [0.3, 0.4) is 0 Å². The number of rotatable bonds is 2. The molecule has 1 aliphatic heterocycles. The van der Waals surface area contributed by atoms with Crippen molar-refractivity contribution in [3.05, 3.63) is 71.8 Å². The fourth-order valence-corrected chi connectivity index (χ4v) is 3.19. The van der Waals surface area contributed by atoms with Crippen molar-refractivity contribution in [2.24, 2.45) is 11.1 Å². The van der Waals surface area contributed by atoms with E-state index in [4.69, 9.17) is 15.2 Å². The Balaban J connectivity index is 2.04. The lowest BCUT2D eigenvalue weighted by molar-refractivity contribution is -0.353. The third kappa shape index (κ3) is 2.92. The highest BCUT2D eigenvalue weighted by molar-refractivity contribution is 5.26. The highest BCUT2D eigenvalue weighted by atomic mass is 16.7. The summed E-state index contributed by atoms with van der Waals surface area (Å²) in [5.41, 5.74) is 8.19. The van der Waals surface area contributed by atoms with E-state index in [9.17, 15) is 0 Å². The summed E-state index contributed by atoms with van der Waals surface area (Å²) >= 11 is 0. The van der Waals surface area contributed by atoms with E-state index in [-0.39, 0.29) is 17.6 Å². The van der Waals surface area contributed by atoms with E-state index < -0.39 is 5.79 Å². The number of hydrogen-bond acceptors (Lipinski definition) is 3. The average Bonchev–Trinajstić information content (AvgIpc) is 2.56. The molecule has 1 heterocycles. The van der Waals surface area contributed by atoms with Crippen LogP contribution in [-0.2, 0) is 15.3 Å². The molecule has 0 saturated carbocycles. The second kappa shape index (κ2) is 6.08. The molecule has 0 radical (unpaired) electrons. The number of hydrogen-bond donors (Lipinski definition) is 1. The summed E-state index contributed by atoms with van der Waals surface area (Å²) in [6.07, 6.45) is -0.190. The normalized spacial score (nSPS) is 28.5. The van der Waals surface area contributed by atoms with Crippen molar-refractivity contribution in [3.8, 4) is 0 Å². The zero-order valence-electron chi connectivity index (χ0n) is 14.0. The first-order chi connectivity index (χ1) is 10.9. The summed E-state index contributed by atoms with van der Waals surface area (Å²) in [7, 11) is 0. The summed E-state index contributed by atoms with van der Waals surface area (Å²) in [6.45, 7) is 6.88. The van der Waals surface area contributed by atoms with Crippen molar-refractivity contribution < 1.29 is 9.47 Å². The van der Waals surface area contributed by atoms with Crippen LogP contribution in [0, 0.1) is 5.41 Å². The lowest BCUT2D eigenvalue weighted by Crippen LogP contribution is -2.55. The summed E-state index contributed by atoms with van der Waals surface area (Å²) in [6, 6.07) is 20.1. The number of benzene rings is 2. The molecular formula is C20H25NO2. The highest BCUT2D eigenvalue weighted by Gasteiger charge is 2.51. The van der Waals surface area contributed by atoms with Crippen LogP contribution in [0.4, 0.5) is 0 Å². The third-order valence-corrected chi connectivity index (χ3v) is 4.43. The first-order valence-electron chi connectivity index (χ1n) is 8.12. The SMILES string of the molecule is CC(C)(C)[C@]1(c2ccccc2)OC[C@H](N)[C@H](c2ccccc2)O1. The van der Waals surface area contributed by atoms with Crippen LogP contribution in [0.25, 0.3) is 0 Å². The molecule has 1 aliphatic rings. The largest absolute Gasteiger partial charge is 0.344 e. The van der Waals surface area contributed by atoms with Gasteiger partial charge in [-0.25, -0.2) is 0 Å². The number of ether oxygens (including phenoxy) is 2. The zero-order valence-corrected chi connectivity index (χ0v) is 14.0. The minimum absolute atomic E-state index is 0.184.